The van der Waals surface area contributed by atoms with Crippen LogP contribution in [0.2, 0.25) is 0 Å². The van der Waals surface area contributed by atoms with E-state index < -0.39 is 21.5 Å². The summed E-state index contributed by atoms with van der Waals surface area (Å²) < 4.78 is 34.3. The molecule has 1 amide bonds. The molecule has 0 radical (unpaired) electrons. The first-order valence-electron chi connectivity index (χ1n) is 9.20. The SMILES string of the molecule is COc1c(OCCCS(N)(=O)=O)ccc2c(=O)n(C)c(NC(=O)c3cnc(N)nc3)nc12. The van der Waals surface area contributed by atoms with Crippen LogP contribution in [-0.2, 0) is 17.1 Å². The smallest absolute Gasteiger partial charge is 0.262 e. The van der Waals surface area contributed by atoms with Crippen molar-refractivity contribution in [2.75, 3.05) is 30.5 Å². The second kappa shape index (κ2) is 9.15. The number of ether oxygens (including phenoxy) is 2. The number of aromatic nitrogens is 4. The molecule has 0 saturated carbocycles. The zero-order valence-electron chi connectivity index (χ0n) is 17.2. The number of nitrogens with one attached hydrogen (secondary N) is 1. The number of nitrogens with zero attached hydrogens (tertiary/aromatic N) is 4. The summed E-state index contributed by atoms with van der Waals surface area (Å²) in [5.74, 6) is -0.469. The minimum Gasteiger partial charge on any atom is -0.491 e. The number of benzene rings is 1. The topological polar surface area (TPSA) is 194 Å². The van der Waals surface area contributed by atoms with Crippen molar-refractivity contribution in [2.45, 2.75) is 6.42 Å². The molecule has 0 unspecified atom stereocenters. The monoisotopic (exact) mass is 463 g/mol. The van der Waals surface area contributed by atoms with Crippen molar-refractivity contribution < 1.29 is 22.7 Å². The summed E-state index contributed by atoms with van der Waals surface area (Å²) in [6.45, 7) is 0.0455. The lowest BCUT2D eigenvalue weighted by atomic mass is 10.2. The van der Waals surface area contributed by atoms with Gasteiger partial charge in [0.1, 0.15) is 5.52 Å². The number of fused-ring (bicyclic) bond motifs is 1. The van der Waals surface area contributed by atoms with Gasteiger partial charge >= 0.3 is 0 Å². The Bertz CT molecular complexity index is 1320. The van der Waals surface area contributed by atoms with Crippen LogP contribution in [0.3, 0.4) is 0 Å². The molecule has 0 aliphatic carbocycles. The van der Waals surface area contributed by atoms with Gasteiger partial charge in [0.05, 0.1) is 30.4 Å². The van der Waals surface area contributed by atoms with Crippen molar-refractivity contribution in [3.05, 3.63) is 40.4 Å². The van der Waals surface area contributed by atoms with E-state index in [1.807, 2.05) is 0 Å². The Morgan fingerprint density at radius 2 is 1.94 bits per heavy atom. The molecule has 0 fully saturated rings. The van der Waals surface area contributed by atoms with Crippen LogP contribution in [0.15, 0.2) is 29.3 Å². The number of nitrogens with two attached hydrogens (primary N) is 2. The number of amides is 1. The van der Waals surface area contributed by atoms with E-state index in [9.17, 15) is 18.0 Å². The summed E-state index contributed by atoms with van der Waals surface area (Å²) >= 11 is 0. The lowest BCUT2D eigenvalue weighted by Crippen LogP contribution is -2.25. The van der Waals surface area contributed by atoms with Gasteiger partial charge in [-0.1, -0.05) is 0 Å². The van der Waals surface area contributed by atoms with E-state index in [1.165, 1.54) is 43.3 Å². The molecule has 1 aromatic carbocycles. The van der Waals surface area contributed by atoms with Gasteiger partial charge in [0.25, 0.3) is 11.5 Å². The van der Waals surface area contributed by atoms with Gasteiger partial charge in [0, 0.05) is 19.4 Å². The van der Waals surface area contributed by atoms with Gasteiger partial charge < -0.3 is 15.2 Å². The molecule has 0 aliphatic rings. The third-order valence-corrected chi connectivity index (χ3v) is 5.22. The van der Waals surface area contributed by atoms with Crippen LogP contribution >= 0.6 is 0 Å². The molecule has 3 aromatic rings. The van der Waals surface area contributed by atoms with Crippen LogP contribution in [0.25, 0.3) is 10.9 Å². The lowest BCUT2D eigenvalue weighted by molar-refractivity contribution is 0.102. The van der Waals surface area contributed by atoms with E-state index in [0.717, 1.165) is 0 Å². The number of carbonyl (C=O) groups is 1. The Morgan fingerprint density at radius 1 is 1.25 bits per heavy atom. The normalized spacial score (nSPS) is 11.3. The van der Waals surface area contributed by atoms with Gasteiger partial charge in [0.15, 0.2) is 11.5 Å². The highest BCUT2D eigenvalue weighted by Crippen LogP contribution is 2.33. The molecule has 13 nitrogen and oxygen atoms in total. The fraction of sp³-hybridized carbons (Fsp3) is 0.278. The van der Waals surface area contributed by atoms with Crippen molar-refractivity contribution in [2.24, 2.45) is 12.2 Å². The van der Waals surface area contributed by atoms with Crippen LogP contribution in [0.4, 0.5) is 11.9 Å². The second-order valence-electron chi connectivity index (χ2n) is 6.65. The third-order valence-electron chi connectivity index (χ3n) is 4.36. The van der Waals surface area contributed by atoms with Gasteiger partial charge in [-0.25, -0.2) is 28.5 Å². The highest BCUT2D eigenvalue weighted by Gasteiger charge is 2.18. The molecule has 0 atom stereocenters. The van der Waals surface area contributed by atoms with Gasteiger partial charge in [-0.3, -0.25) is 19.5 Å². The largest absolute Gasteiger partial charge is 0.491 e. The van der Waals surface area contributed by atoms with Gasteiger partial charge in [-0.05, 0) is 18.6 Å². The number of carbonyl (C=O) groups excluding carboxylic acids is 1. The summed E-state index contributed by atoms with van der Waals surface area (Å²) in [6.07, 6.45) is 2.64. The fourth-order valence-electron chi connectivity index (χ4n) is 2.79. The summed E-state index contributed by atoms with van der Waals surface area (Å²) in [6, 6.07) is 3.02. The maximum absolute atomic E-state index is 12.8. The van der Waals surface area contributed by atoms with Crippen LogP contribution in [-0.4, -0.2) is 53.3 Å². The van der Waals surface area contributed by atoms with Crippen molar-refractivity contribution in [1.29, 1.82) is 0 Å². The first-order chi connectivity index (χ1) is 15.1. The molecule has 14 heteroatoms. The highest BCUT2D eigenvalue weighted by molar-refractivity contribution is 7.89. The van der Waals surface area contributed by atoms with Gasteiger partial charge in [0.2, 0.25) is 21.9 Å². The number of methoxy groups -OCH3 is 1. The van der Waals surface area contributed by atoms with E-state index in [-0.39, 0.29) is 58.6 Å². The van der Waals surface area contributed by atoms with Crippen molar-refractivity contribution in [3.63, 3.8) is 0 Å². The van der Waals surface area contributed by atoms with Crippen LogP contribution in [0.5, 0.6) is 11.5 Å². The van der Waals surface area contributed by atoms with Crippen LogP contribution < -0.4 is 31.2 Å². The molecule has 32 heavy (non-hydrogen) atoms. The second-order valence-corrected chi connectivity index (χ2v) is 8.38. The molecular formula is C18H21N7O6S. The average Bonchev–Trinajstić information content (AvgIpc) is 2.74. The van der Waals surface area contributed by atoms with E-state index in [0.29, 0.717) is 0 Å². The van der Waals surface area contributed by atoms with E-state index in [2.05, 4.69) is 20.3 Å². The molecule has 0 spiro atoms. The maximum Gasteiger partial charge on any atom is 0.262 e. The first kappa shape index (κ1) is 22.9. The third kappa shape index (κ3) is 5.09. The summed E-state index contributed by atoms with van der Waals surface area (Å²) in [5.41, 5.74) is 5.26. The number of rotatable bonds is 8. The van der Waals surface area contributed by atoms with Gasteiger partial charge in [-0.2, -0.15) is 0 Å². The molecular weight excluding hydrogens is 442 g/mol. The number of sulfonamides is 1. The molecule has 2 heterocycles. The number of nitrogen functional groups attached to an aromatic ring is 1. The van der Waals surface area contributed by atoms with Crippen molar-refractivity contribution in [1.82, 2.24) is 19.5 Å². The maximum atomic E-state index is 12.8. The van der Waals surface area contributed by atoms with Crippen molar-refractivity contribution in [3.8, 4) is 11.5 Å². The average molecular weight is 463 g/mol. The van der Waals surface area contributed by atoms with E-state index in [4.69, 9.17) is 20.3 Å². The standard InChI is InChI=1S/C18H21N7O6S/c1-25-16(27)11-4-5-12(31-6-3-7-32(20,28)29)14(30-2)13(11)23-18(25)24-15(26)10-8-21-17(19)22-9-10/h4-5,8-9H,3,6-7H2,1-2H3,(H2,19,21,22)(H2,20,28,29)(H,23,24,26). The first-order valence-corrected chi connectivity index (χ1v) is 10.9. The molecule has 170 valence electrons. The van der Waals surface area contributed by atoms with Crippen molar-refractivity contribution >= 4 is 38.7 Å². The highest BCUT2D eigenvalue weighted by atomic mass is 32.2. The Balaban J connectivity index is 1.94. The predicted molar refractivity (Wildman–Crippen MR) is 116 cm³/mol. The van der Waals surface area contributed by atoms with Crippen LogP contribution in [0, 0.1) is 0 Å². The summed E-state index contributed by atoms with van der Waals surface area (Å²) in [7, 11) is -0.783. The zero-order valence-corrected chi connectivity index (χ0v) is 18.0. The Morgan fingerprint density at radius 3 is 2.56 bits per heavy atom. The summed E-state index contributed by atoms with van der Waals surface area (Å²) in [5, 5.41) is 7.74. The molecule has 5 N–H and O–H groups in total. The fourth-order valence-corrected chi connectivity index (χ4v) is 3.31. The quantitative estimate of drug-likeness (QED) is 0.371. The van der Waals surface area contributed by atoms with Crippen LogP contribution in [0.1, 0.15) is 16.8 Å². The van der Waals surface area contributed by atoms with E-state index in [1.54, 1.807) is 0 Å². The Labute approximate surface area is 182 Å². The van der Waals surface area contributed by atoms with E-state index >= 15 is 0 Å². The molecule has 2 aromatic heterocycles. The number of hydrogen-bond donors (Lipinski definition) is 3. The molecule has 0 saturated heterocycles. The van der Waals surface area contributed by atoms with Gasteiger partial charge in [-0.15, -0.1) is 0 Å². The Hall–Kier alpha value is -3.78. The summed E-state index contributed by atoms with van der Waals surface area (Å²) in [4.78, 5) is 37.2. The number of primary sulfonamides is 1. The zero-order chi connectivity index (χ0) is 23.5. The molecule has 0 bridgehead atoms. The molecule has 3 rings (SSSR count). The predicted octanol–water partition coefficient (Wildman–Crippen LogP) is -0.376. The minimum atomic E-state index is -3.61. The Kier molecular flexibility index (Phi) is 6.55. The molecule has 0 aliphatic heterocycles. The number of anilines is 2. The minimum absolute atomic E-state index is 0.0131. The number of hydrogen-bond acceptors (Lipinski definition) is 10. The lowest BCUT2D eigenvalue weighted by Gasteiger charge is -2.15.